The van der Waals surface area contributed by atoms with Crippen molar-refractivity contribution in [3.8, 4) is 11.1 Å². The number of rotatable bonds is 10. The SMILES string of the molecule is O=C(CCN1C(=O)C(=Cc2cc(-c3cc(C(F)(F)F)cc(C(F)(F)F)c3)cs2)SC1=S)Nc1ccc(C(=O)OCC(O)CO)cc1. The van der Waals surface area contributed by atoms with Gasteiger partial charge in [0.1, 0.15) is 17.0 Å². The number of halogens is 6. The van der Waals surface area contributed by atoms with Crippen LogP contribution in [0.5, 0.6) is 0 Å². The Morgan fingerprint density at radius 1 is 1.00 bits per heavy atom. The Bertz CT molecular complexity index is 1640. The molecular formula is C29H22F6N2O6S3. The summed E-state index contributed by atoms with van der Waals surface area (Å²) in [5.74, 6) is -1.73. The zero-order valence-electron chi connectivity index (χ0n) is 23.1. The summed E-state index contributed by atoms with van der Waals surface area (Å²) in [5.41, 5.74) is -2.58. The molecule has 1 aliphatic rings. The summed E-state index contributed by atoms with van der Waals surface area (Å²) in [5, 5.41) is 22.0. The number of ether oxygens (including phenoxy) is 1. The number of carbonyl (C=O) groups excluding carboxylic acids is 3. The Labute approximate surface area is 270 Å². The van der Waals surface area contributed by atoms with E-state index in [1.165, 1.54) is 46.7 Å². The zero-order chi connectivity index (χ0) is 33.8. The van der Waals surface area contributed by atoms with Crippen molar-refractivity contribution in [1.82, 2.24) is 4.90 Å². The molecule has 1 atom stereocenters. The fraction of sp³-hybridized carbons (Fsp3) is 0.241. The second kappa shape index (κ2) is 14.3. The molecule has 17 heteroatoms. The number of thiophene rings is 1. The topological polar surface area (TPSA) is 116 Å². The summed E-state index contributed by atoms with van der Waals surface area (Å²) in [4.78, 5) is 39.2. The lowest BCUT2D eigenvalue weighted by molar-refractivity contribution is -0.143. The molecule has 244 valence electrons. The van der Waals surface area contributed by atoms with Crippen LogP contribution >= 0.6 is 35.3 Å². The average molecular weight is 705 g/mol. The van der Waals surface area contributed by atoms with Gasteiger partial charge in [-0.2, -0.15) is 26.3 Å². The molecule has 2 amide bonds. The number of hydrogen-bond acceptors (Lipinski definition) is 9. The molecule has 0 radical (unpaired) electrons. The van der Waals surface area contributed by atoms with Crippen molar-refractivity contribution in [3.05, 3.63) is 80.4 Å². The number of aliphatic hydroxyl groups is 2. The van der Waals surface area contributed by atoms with E-state index in [9.17, 15) is 45.8 Å². The maximum Gasteiger partial charge on any atom is 0.416 e. The highest BCUT2D eigenvalue weighted by Gasteiger charge is 2.37. The van der Waals surface area contributed by atoms with Crippen LogP contribution in [0.25, 0.3) is 17.2 Å². The number of esters is 1. The van der Waals surface area contributed by atoms with Crippen molar-refractivity contribution in [2.75, 3.05) is 25.1 Å². The second-order valence-corrected chi connectivity index (χ2v) is 12.3. The van der Waals surface area contributed by atoms with Crippen LogP contribution in [0.3, 0.4) is 0 Å². The first kappa shape index (κ1) is 35.1. The van der Waals surface area contributed by atoms with Gasteiger partial charge in [0, 0.05) is 23.5 Å². The van der Waals surface area contributed by atoms with Crippen molar-refractivity contribution in [1.29, 1.82) is 0 Å². The zero-order valence-corrected chi connectivity index (χ0v) is 25.6. The van der Waals surface area contributed by atoms with Crippen LogP contribution in [0.4, 0.5) is 32.0 Å². The number of alkyl halides is 6. The van der Waals surface area contributed by atoms with Crippen LogP contribution in [0.15, 0.2) is 58.8 Å². The molecule has 0 spiro atoms. The van der Waals surface area contributed by atoms with E-state index < -0.39 is 54.0 Å². The first-order valence-electron chi connectivity index (χ1n) is 13.0. The molecule has 0 aliphatic carbocycles. The van der Waals surface area contributed by atoms with Crippen LogP contribution in [-0.4, -0.2) is 63.1 Å². The Balaban J connectivity index is 1.37. The molecule has 2 aromatic carbocycles. The van der Waals surface area contributed by atoms with Crippen molar-refractivity contribution < 1.29 is 55.7 Å². The van der Waals surface area contributed by atoms with E-state index in [0.717, 1.165) is 23.1 Å². The van der Waals surface area contributed by atoms with Gasteiger partial charge >= 0.3 is 18.3 Å². The molecule has 3 aromatic rings. The highest BCUT2D eigenvalue weighted by molar-refractivity contribution is 8.26. The van der Waals surface area contributed by atoms with Crippen LogP contribution in [0.1, 0.15) is 32.8 Å². The lowest BCUT2D eigenvalue weighted by Crippen LogP contribution is -2.31. The van der Waals surface area contributed by atoms with E-state index >= 15 is 0 Å². The minimum atomic E-state index is -4.99. The first-order chi connectivity index (χ1) is 21.5. The van der Waals surface area contributed by atoms with E-state index in [2.05, 4.69) is 5.32 Å². The van der Waals surface area contributed by atoms with Crippen LogP contribution < -0.4 is 5.32 Å². The van der Waals surface area contributed by atoms with Gasteiger partial charge in [0.15, 0.2) is 0 Å². The number of hydrogen-bond donors (Lipinski definition) is 3. The Kier molecular flexibility index (Phi) is 10.9. The van der Waals surface area contributed by atoms with E-state index in [-0.39, 0.29) is 51.6 Å². The molecule has 2 heterocycles. The molecule has 8 nitrogen and oxygen atoms in total. The van der Waals surface area contributed by atoms with Crippen molar-refractivity contribution in [2.24, 2.45) is 0 Å². The maximum atomic E-state index is 13.3. The van der Waals surface area contributed by atoms with Crippen LogP contribution in [0, 0.1) is 0 Å². The number of nitrogens with zero attached hydrogens (tertiary/aromatic N) is 1. The number of aliphatic hydroxyl groups excluding tert-OH is 2. The Hall–Kier alpha value is -3.77. The van der Waals surface area contributed by atoms with Gasteiger partial charge in [-0.3, -0.25) is 14.5 Å². The molecule has 1 aliphatic heterocycles. The number of benzene rings is 2. The lowest BCUT2D eigenvalue weighted by Gasteiger charge is -2.14. The summed E-state index contributed by atoms with van der Waals surface area (Å²) in [7, 11) is 0. The van der Waals surface area contributed by atoms with E-state index in [0.29, 0.717) is 22.7 Å². The summed E-state index contributed by atoms with van der Waals surface area (Å²) in [6.45, 7) is -1.03. The molecule has 3 N–H and O–H groups in total. The molecule has 1 fully saturated rings. The summed E-state index contributed by atoms with van der Waals surface area (Å²) < 4.78 is 84.7. The van der Waals surface area contributed by atoms with Crippen molar-refractivity contribution >= 4 is 69.2 Å². The number of thioether (sulfide) groups is 1. The molecule has 1 saturated heterocycles. The molecule has 1 aromatic heterocycles. The first-order valence-corrected chi connectivity index (χ1v) is 15.2. The predicted octanol–water partition coefficient (Wildman–Crippen LogP) is 6.19. The van der Waals surface area contributed by atoms with Gasteiger partial charge in [-0.15, -0.1) is 11.3 Å². The lowest BCUT2D eigenvalue weighted by atomic mass is 10.0. The third kappa shape index (κ3) is 8.94. The number of anilines is 1. The van der Waals surface area contributed by atoms with Gasteiger partial charge in [-0.05, 0) is 71.1 Å². The monoisotopic (exact) mass is 704 g/mol. The standard InChI is InChI=1S/C29H22F6N2O6S3/c30-28(31,32)18-7-16(8-19(10-18)29(33,34)35)17-9-22(45-14-17)11-23-25(41)37(27(44)46-23)6-5-24(40)36-20-3-1-15(2-4-20)26(42)43-13-21(39)12-38/h1-4,7-11,14,21,38-39H,5-6,12-13H2,(H,36,40). The predicted molar refractivity (Wildman–Crippen MR) is 163 cm³/mol. The van der Waals surface area contributed by atoms with E-state index in [1.54, 1.807) is 0 Å². The highest BCUT2D eigenvalue weighted by Crippen LogP contribution is 2.40. The normalized spacial score (nSPS) is 15.4. The second-order valence-electron chi connectivity index (χ2n) is 9.68. The molecule has 1 unspecified atom stereocenters. The minimum absolute atomic E-state index is 0.0485. The smallest absolute Gasteiger partial charge is 0.416 e. The molecule has 46 heavy (non-hydrogen) atoms. The molecular weight excluding hydrogens is 683 g/mol. The van der Waals surface area contributed by atoms with Crippen LogP contribution in [0.2, 0.25) is 0 Å². The van der Waals surface area contributed by atoms with Gasteiger partial charge in [0.25, 0.3) is 5.91 Å². The van der Waals surface area contributed by atoms with Gasteiger partial charge in [0.2, 0.25) is 5.91 Å². The Morgan fingerprint density at radius 2 is 1.63 bits per heavy atom. The third-order valence-electron chi connectivity index (χ3n) is 6.27. The summed E-state index contributed by atoms with van der Waals surface area (Å²) in [6.07, 6.45) is -9.92. The molecule has 4 rings (SSSR count). The van der Waals surface area contributed by atoms with Gasteiger partial charge in [-0.25, -0.2) is 4.79 Å². The molecule has 0 bridgehead atoms. The number of nitrogens with one attached hydrogen (secondary N) is 1. The van der Waals surface area contributed by atoms with Gasteiger partial charge < -0.3 is 20.3 Å². The fourth-order valence-corrected chi connectivity index (χ4v) is 6.18. The summed E-state index contributed by atoms with van der Waals surface area (Å²) >= 11 is 7.21. The maximum absolute atomic E-state index is 13.3. The minimum Gasteiger partial charge on any atom is -0.459 e. The fourth-order valence-electron chi connectivity index (χ4n) is 3.96. The van der Waals surface area contributed by atoms with E-state index in [4.69, 9.17) is 22.1 Å². The number of carbonyl (C=O) groups is 3. The van der Waals surface area contributed by atoms with Crippen molar-refractivity contribution in [2.45, 2.75) is 24.9 Å². The summed E-state index contributed by atoms with van der Waals surface area (Å²) in [6, 6.07) is 8.32. The Morgan fingerprint density at radius 3 is 2.22 bits per heavy atom. The number of thiocarbonyl (C=S) groups is 1. The average Bonchev–Trinajstić information content (AvgIpc) is 3.57. The largest absolute Gasteiger partial charge is 0.459 e. The van der Waals surface area contributed by atoms with Crippen molar-refractivity contribution in [3.63, 3.8) is 0 Å². The number of amides is 2. The quantitative estimate of drug-likeness (QED) is 0.0991. The van der Waals surface area contributed by atoms with E-state index in [1.807, 2.05) is 0 Å². The highest BCUT2D eigenvalue weighted by atomic mass is 32.2. The molecule has 0 saturated carbocycles. The van der Waals surface area contributed by atoms with Gasteiger partial charge in [-0.1, -0.05) is 24.0 Å². The third-order valence-corrected chi connectivity index (χ3v) is 8.53. The van der Waals surface area contributed by atoms with Gasteiger partial charge in [0.05, 0.1) is 28.2 Å². The van der Waals surface area contributed by atoms with Crippen LogP contribution in [-0.2, 0) is 26.7 Å².